The Balaban J connectivity index is 1.91. The molecule has 0 atom stereocenters. The lowest BCUT2D eigenvalue weighted by Crippen LogP contribution is -2.27. The first-order valence-electron chi connectivity index (χ1n) is 7.08. The number of aryl methyl sites for hydroxylation is 1. The van der Waals surface area contributed by atoms with Crippen molar-refractivity contribution in [3.05, 3.63) is 30.0 Å². The van der Waals surface area contributed by atoms with Gasteiger partial charge in [-0.1, -0.05) is 18.2 Å². The van der Waals surface area contributed by atoms with Crippen LogP contribution in [-0.4, -0.2) is 33.1 Å². The summed E-state index contributed by atoms with van der Waals surface area (Å²) in [6.45, 7) is 4.94. The van der Waals surface area contributed by atoms with Crippen LogP contribution in [0.25, 0.3) is 10.9 Å². The van der Waals surface area contributed by atoms with Crippen molar-refractivity contribution < 1.29 is 0 Å². The van der Waals surface area contributed by atoms with E-state index in [-0.39, 0.29) is 0 Å². The summed E-state index contributed by atoms with van der Waals surface area (Å²) in [5, 5.41) is 6.05. The molecule has 1 aliphatic rings. The number of fused-ring (bicyclic) bond motifs is 1. The third-order valence-electron chi connectivity index (χ3n) is 3.82. The molecule has 1 aromatic carbocycles. The van der Waals surface area contributed by atoms with Gasteiger partial charge in [-0.25, -0.2) is 0 Å². The third-order valence-corrected chi connectivity index (χ3v) is 3.99. The van der Waals surface area contributed by atoms with Gasteiger partial charge < -0.3 is 0 Å². The van der Waals surface area contributed by atoms with Crippen molar-refractivity contribution in [2.75, 3.05) is 12.4 Å². The number of hydrogen-bond acceptors (Lipinski definition) is 2. The first kappa shape index (κ1) is 12.9. The van der Waals surface area contributed by atoms with Gasteiger partial charge in [0.1, 0.15) is 0 Å². The second-order valence-electron chi connectivity index (χ2n) is 5.17. The molecule has 3 rings (SSSR count). The molecule has 0 radical (unpaired) electrons. The smallest absolute Gasteiger partial charge is 0.0843 e. The number of para-hydroxylation sites is 1. The molecule has 0 N–H and O–H groups in total. The van der Waals surface area contributed by atoms with E-state index < -0.39 is 0 Å². The molecule has 0 amide bonds. The molecule has 1 heterocycles. The molecule has 1 fully saturated rings. The van der Waals surface area contributed by atoms with Crippen molar-refractivity contribution in [3.63, 3.8) is 0 Å². The number of benzene rings is 1. The third kappa shape index (κ3) is 2.63. The van der Waals surface area contributed by atoms with E-state index in [2.05, 4.69) is 40.8 Å². The number of hydrogen-bond donors (Lipinski definition) is 0. The summed E-state index contributed by atoms with van der Waals surface area (Å²) in [4.78, 5) is 2.47. The lowest BCUT2D eigenvalue weighted by atomic mass is 10.2. The van der Waals surface area contributed by atoms with E-state index in [9.17, 15) is 0 Å². The molecule has 102 valence electrons. The summed E-state index contributed by atoms with van der Waals surface area (Å²) in [6, 6.07) is 9.23. The Labute approximate surface area is 119 Å². The van der Waals surface area contributed by atoms with E-state index in [0.717, 1.165) is 25.7 Å². The topological polar surface area (TPSA) is 21.1 Å². The molecular formula is C15H20ClN3. The quantitative estimate of drug-likeness (QED) is 0.756. The van der Waals surface area contributed by atoms with Crippen molar-refractivity contribution in [3.8, 4) is 0 Å². The number of nitrogens with zero attached hydrogens (tertiary/aromatic N) is 3. The highest BCUT2D eigenvalue weighted by Crippen LogP contribution is 2.29. The van der Waals surface area contributed by atoms with Crippen LogP contribution in [0, 0.1) is 0 Å². The maximum absolute atomic E-state index is 5.92. The summed E-state index contributed by atoms with van der Waals surface area (Å²) < 4.78 is 2.09. The summed E-state index contributed by atoms with van der Waals surface area (Å²) in [5.41, 5.74) is 2.43. The Hall–Kier alpha value is -1.06. The van der Waals surface area contributed by atoms with Gasteiger partial charge in [-0.2, -0.15) is 5.10 Å². The van der Waals surface area contributed by atoms with Crippen LogP contribution in [0.3, 0.4) is 0 Å². The molecule has 0 aliphatic heterocycles. The predicted octanol–water partition coefficient (Wildman–Crippen LogP) is 3.26. The zero-order valence-electron chi connectivity index (χ0n) is 11.3. The molecule has 2 aromatic rings. The van der Waals surface area contributed by atoms with Gasteiger partial charge in [0.2, 0.25) is 0 Å². The summed E-state index contributed by atoms with van der Waals surface area (Å²) in [6.07, 6.45) is 2.62. The first-order valence-corrected chi connectivity index (χ1v) is 7.61. The van der Waals surface area contributed by atoms with Gasteiger partial charge in [0.15, 0.2) is 0 Å². The van der Waals surface area contributed by atoms with Crippen LogP contribution in [0.2, 0.25) is 0 Å². The van der Waals surface area contributed by atoms with Crippen molar-refractivity contribution in [1.29, 1.82) is 0 Å². The Bertz CT molecular complexity index is 560. The van der Waals surface area contributed by atoms with Crippen LogP contribution in [0.4, 0.5) is 0 Å². The zero-order chi connectivity index (χ0) is 13.2. The van der Waals surface area contributed by atoms with Gasteiger partial charge >= 0.3 is 0 Å². The Morgan fingerprint density at radius 2 is 2.16 bits per heavy atom. The number of halogens is 1. The van der Waals surface area contributed by atoms with Crippen LogP contribution < -0.4 is 0 Å². The van der Waals surface area contributed by atoms with Gasteiger partial charge in [-0.3, -0.25) is 9.58 Å². The first-order chi connectivity index (χ1) is 9.33. The highest BCUT2D eigenvalue weighted by molar-refractivity contribution is 6.18. The monoisotopic (exact) mass is 277 g/mol. The number of aromatic nitrogens is 2. The number of alkyl halides is 1. The van der Waals surface area contributed by atoms with Gasteiger partial charge in [-0.05, 0) is 25.8 Å². The normalized spacial score (nSPS) is 15.5. The minimum absolute atomic E-state index is 0.697. The van der Waals surface area contributed by atoms with E-state index in [1.54, 1.807) is 0 Å². The van der Waals surface area contributed by atoms with Gasteiger partial charge in [0, 0.05) is 36.9 Å². The maximum Gasteiger partial charge on any atom is 0.0843 e. The second kappa shape index (κ2) is 5.51. The van der Waals surface area contributed by atoms with Crippen LogP contribution in [0.15, 0.2) is 24.3 Å². The highest BCUT2D eigenvalue weighted by Gasteiger charge is 2.29. The van der Waals surface area contributed by atoms with Crippen molar-refractivity contribution in [2.24, 2.45) is 0 Å². The van der Waals surface area contributed by atoms with Crippen LogP contribution in [0.1, 0.15) is 25.5 Å². The van der Waals surface area contributed by atoms with E-state index in [1.807, 2.05) is 0 Å². The SMILES string of the molecule is CCn1nc(CN(CCCl)C2CC2)c2ccccc21. The van der Waals surface area contributed by atoms with Crippen LogP contribution in [0.5, 0.6) is 0 Å². The molecule has 4 heteroatoms. The molecule has 1 aromatic heterocycles. The Morgan fingerprint density at radius 3 is 2.84 bits per heavy atom. The average molecular weight is 278 g/mol. The average Bonchev–Trinajstić information content (AvgIpc) is 3.22. The molecule has 0 bridgehead atoms. The minimum atomic E-state index is 0.697. The molecule has 0 unspecified atom stereocenters. The van der Waals surface area contributed by atoms with Crippen LogP contribution in [-0.2, 0) is 13.1 Å². The summed E-state index contributed by atoms with van der Waals surface area (Å²) >= 11 is 5.92. The molecule has 19 heavy (non-hydrogen) atoms. The fourth-order valence-electron chi connectivity index (χ4n) is 2.69. The molecule has 0 saturated heterocycles. The maximum atomic E-state index is 5.92. The Morgan fingerprint density at radius 1 is 1.37 bits per heavy atom. The Kier molecular flexibility index (Phi) is 3.76. The largest absolute Gasteiger partial charge is 0.293 e. The molecule has 3 nitrogen and oxygen atoms in total. The summed E-state index contributed by atoms with van der Waals surface area (Å²) in [5.74, 6) is 0.697. The van der Waals surface area contributed by atoms with E-state index in [4.69, 9.17) is 16.7 Å². The summed E-state index contributed by atoms with van der Waals surface area (Å²) in [7, 11) is 0. The van der Waals surface area contributed by atoms with Crippen molar-refractivity contribution >= 4 is 22.5 Å². The van der Waals surface area contributed by atoms with E-state index in [0.29, 0.717) is 5.88 Å². The molecule has 0 spiro atoms. The lowest BCUT2D eigenvalue weighted by Gasteiger charge is -2.19. The highest BCUT2D eigenvalue weighted by atomic mass is 35.5. The fourth-order valence-corrected chi connectivity index (χ4v) is 2.90. The lowest BCUT2D eigenvalue weighted by molar-refractivity contribution is 0.267. The van der Waals surface area contributed by atoms with E-state index >= 15 is 0 Å². The van der Waals surface area contributed by atoms with Gasteiger partial charge in [0.25, 0.3) is 0 Å². The standard InChI is InChI=1S/C15H20ClN3/c1-2-19-15-6-4-3-5-13(15)14(17-19)11-18(10-9-16)12-7-8-12/h3-6,12H,2,7-11H2,1H3. The molecular weight excluding hydrogens is 258 g/mol. The van der Waals surface area contributed by atoms with Gasteiger partial charge in [-0.15, -0.1) is 11.6 Å². The van der Waals surface area contributed by atoms with Crippen molar-refractivity contribution in [1.82, 2.24) is 14.7 Å². The van der Waals surface area contributed by atoms with Gasteiger partial charge in [0.05, 0.1) is 11.2 Å². The molecule has 1 saturated carbocycles. The fraction of sp³-hybridized carbons (Fsp3) is 0.533. The van der Waals surface area contributed by atoms with E-state index in [1.165, 1.54) is 29.4 Å². The second-order valence-corrected chi connectivity index (χ2v) is 5.55. The van der Waals surface area contributed by atoms with Crippen LogP contribution >= 0.6 is 11.6 Å². The minimum Gasteiger partial charge on any atom is -0.293 e. The number of rotatable bonds is 6. The molecule has 1 aliphatic carbocycles. The van der Waals surface area contributed by atoms with Crippen molar-refractivity contribution in [2.45, 2.75) is 38.9 Å². The zero-order valence-corrected chi connectivity index (χ0v) is 12.1. The predicted molar refractivity (Wildman–Crippen MR) is 79.6 cm³/mol.